The molecule has 3 unspecified atom stereocenters. The molecule has 1 aromatic heterocycles. The monoisotopic (exact) mass is 1070 g/mol. The third kappa shape index (κ3) is 31.8. The van der Waals surface area contributed by atoms with Gasteiger partial charge in [-0.3, -0.25) is 24.0 Å². The first-order valence-corrected chi connectivity index (χ1v) is 27.0. The number of benzene rings is 1. The van der Waals surface area contributed by atoms with Crippen LogP contribution in [0.25, 0.3) is 0 Å². The van der Waals surface area contributed by atoms with E-state index >= 15 is 0 Å². The van der Waals surface area contributed by atoms with Crippen LogP contribution in [0.2, 0.25) is 0 Å². The molecule has 2 radical (unpaired) electrons. The Kier molecular flexibility index (Phi) is 39.9. The lowest BCUT2D eigenvalue weighted by molar-refractivity contribution is -0.133. The Morgan fingerprint density at radius 2 is 1.39 bits per heavy atom. The number of hydrogen-bond acceptors (Lipinski definition) is 16. The van der Waals surface area contributed by atoms with Gasteiger partial charge in [0.1, 0.15) is 12.6 Å². The summed E-state index contributed by atoms with van der Waals surface area (Å²) in [5.41, 5.74) is 2.12. The number of anilines is 1. The lowest BCUT2D eigenvalue weighted by atomic mass is 9.99. The van der Waals surface area contributed by atoms with Crippen molar-refractivity contribution in [1.82, 2.24) is 41.6 Å². The van der Waals surface area contributed by atoms with E-state index in [4.69, 9.17) is 31.3 Å². The van der Waals surface area contributed by atoms with Crippen LogP contribution in [0, 0.1) is 17.8 Å². The van der Waals surface area contributed by atoms with Crippen molar-refractivity contribution in [3.63, 3.8) is 0 Å². The van der Waals surface area contributed by atoms with Gasteiger partial charge in [-0.05, 0) is 114 Å². The maximum absolute atomic E-state index is 12.9. The van der Waals surface area contributed by atoms with Gasteiger partial charge in [-0.15, -0.1) is 5.10 Å². The van der Waals surface area contributed by atoms with Crippen LogP contribution in [0.3, 0.4) is 0 Å². The average Bonchev–Trinajstić information content (AvgIpc) is 3.99. The van der Waals surface area contributed by atoms with E-state index in [1.807, 2.05) is 67.1 Å². The van der Waals surface area contributed by atoms with E-state index in [0.29, 0.717) is 50.8 Å². The number of hydrogen-bond donors (Lipinski definition) is 7. The Morgan fingerprint density at radius 1 is 0.824 bits per heavy atom. The highest BCUT2D eigenvalue weighted by Crippen LogP contribution is 2.46. The highest BCUT2D eigenvalue weighted by molar-refractivity contribution is 7.93. The lowest BCUT2D eigenvalue weighted by Gasteiger charge is -2.32. The summed E-state index contributed by atoms with van der Waals surface area (Å²) in [5, 5.41) is 24.9. The Morgan fingerprint density at radius 3 is 1.95 bits per heavy atom. The number of rotatable bonds is 25. The van der Waals surface area contributed by atoms with Crippen LogP contribution in [-0.2, 0) is 67.8 Å². The van der Waals surface area contributed by atoms with Gasteiger partial charge in [0.05, 0.1) is 82.2 Å². The summed E-state index contributed by atoms with van der Waals surface area (Å²) < 4.78 is 35.3. The number of alkyl carbamates (subject to hydrolysis) is 1. The van der Waals surface area contributed by atoms with Crippen LogP contribution < -0.4 is 31.9 Å². The number of ether oxygens (including phenoxy) is 5. The van der Waals surface area contributed by atoms with Gasteiger partial charge in [0.2, 0.25) is 37.3 Å². The summed E-state index contributed by atoms with van der Waals surface area (Å²) in [4.78, 5) is 72.2. The molecule has 2 aromatic rings. The SMILES string of the molecule is CC.CC.CC.CNCCOCCOCCNC(=O)OC.CSO.[B]C(=O)OCc1ccc(NC(=O)CNC(=O)C(NC(=O)CNC(=O)CC(C)(C)OCC(C)(C)n2nnc3c2CCC2CC2CC3)C(C)C)cc1. The first-order chi connectivity index (χ1) is 35.2. The first kappa shape index (κ1) is 71.3. The molecule has 1 fully saturated rings. The minimum Gasteiger partial charge on any atom is -0.470 e. The zero-order valence-electron chi connectivity index (χ0n) is 47.2. The molecule has 0 saturated heterocycles. The van der Waals surface area contributed by atoms with Crippen LogP contribution in [-0.4, -0.2) is 154 Å². The summed E-state index contributed by atoms with van der Waals surface area (Å²) >= 11 is 0.750. The topological polar surface area (TPSA) is 272 Å². The number of nitrogens with one attached hydrogen (secondary N) is 6. The number of aryl methyl sites for hydroxylation is 1. The van der Waals surface area contributed by atoms with E-state index in [0.717, 1.165) is 55.4 Å². The smallest absolute Gasteiger partial charge is 0.406 e. The third-order valence-electron chi connectivity index (χ3n) is 10.7. The zero-order chi connectivity index (χ0) is 56.7. The predicted molar refractivity (Wildman–Crippen MR) is 292 cm³/mol. The molecule has 23 heteroatoms. The number of carbonyl (C=O) groups is 6. The molecule has 1 heterocycles. The van der Waals surface area contributed by atoms with E-state index in [9.17, 15) is 28.8 Å². The molecule has 21 nitrogen and oxygen atoms in total. The van der Waals surface area contributed by atoms with Crippen molar-refractivity contribution in [2.24, 2.45) is 17.8 Å². The molecular formula is C51H92BN9O12S. The number of likely N-dealkylation sites (N-methyl/N-ethyl adjacent to an activating group) is 1. The van der Waals surface area contributed by atoms with Gasteiger partial charge >= 0.3 is 6.09 Å². The second-order valence-corrected chi connectivity index (χ2v) is 18.2. The molecule has 2 aliphatic carbocycles. The van der Waals surface area contributed by atoms with E-state index in [1.165, 1.54) is 25.6 Å². The van der Waals surface area contributed by atoms with Gasteiger partial charge in [-0.25, -0.2) is 9.48 Å². The molecule has 0 bridgehead atoms. The number of carbonyl (C=O) groups excluding carboxylic acids is 6. The van der Waals surface area contributed by atoms with Crippen LogP contribution in [0.1, 0.15) is 126 Å². The van der Waals surface area contributed by atoms with Crippen LogP contribution >= 0.6 is 12.0 Å². The Hall–Kier alpha value is -4.81. The summed E-state index contributed by atoms with van der Waals surface area (Å²) in [6, 6.07) is 5.62. The highest BCUT2D eigenvalue weighted by Gasteiger charge is 2.39. The average molecular weight is 1070 g/mol. The molecule has 3 atom stereocenters. The molecule has 2 aliphatic rings. The molecule has 74 heavy (non-hydrogen) atoms. The standard InChI is InChI=1S/C35H50BN7O7.C9H20N2O4.3C2H6.CH4OS/c1-21(2)31(32(47)38-18-29(45)39-25-11-7-22(8-12-25)19-49-33(36)48)40-30(46)17-37-28(44)16-35(5,6)50-20-34(3,4)43-27-14-10-24-15-23(24)9-13-26(27)41-42-43;1-10-3-5-14-7-8-15-6-4-11-9(12)13-2;3*1-2;1-3-2/h7-8,11-12,21,23-24,31H,9-10,13-20H2,1-6H3,(H,37,44)(H,38,47)(H,39,45)(H,40,46);10H,3-8H2,1-2H3,(H,11,12);3*1-2H3;2H,1H3. The zero-order valence-corrected chi connectivity index (χ0v) is 48.0. The van der Waals surface area contributed by atoms with Crippen LogP contribution in [0.4, 0.5) is 15.3 Å². The van der Waals surface area contributed by atoms with Crippen molar-refractivity contribution in [2.75, 3.05) is 84.9 Å². The van der Waals surface area contributed by atoms with Gasteiger partial charge in [-0.1, -0.05) is 72.7 Å². The van der Waals surface area contributed by atoms with Crippen molar-refractivity contribution >= 4 is 61.2 Å². The molecule has 5 amide bonds. The Bertz CT molecular complexity index is 1870. The summed E-state index contributed by atoms with van der Waals surface area (Å²) in [6.45, 7) is 26.5. The second kappa shape index (κ2) is 41.4. The molecule has 7 N–H and O–H groups in total. The van der Waals surface area contributed by atoms with Crippen LogP contribution in [0.5, 0.6) is 0 Å². The van der Waals surface area contributed by atoms with E-state index in [2.05, 4.69) is 60.8 Å². The fraction of sp³-hybridized carbons (Fsp3) is 0.725. The molecule has 1 saturated carbocycles. The van der Waals surface area contributed by atoms with E-state index in [1.54, 1.807) is 44.4 Å². The highest BCUT2D eigenvalue weighted by atomic mass is 32.2. The molecule has 0 spiro atoms. The quantitative estimate of drug-likeness (QED) is 0.0340. The maximum atomic E-state index is 12.9. The van der Waals surface area contributed by atoms with Crippen molar-refractivity contribution in [2.45, 2.75) is 145 Å². The second-order valence-electron chi connectivity index (χ2n) is 17.8. The number of nitrogens with zero attached hydrogens (tertiary/aromatic N) is 3. The van der Waals surface area contributed by atoms with Gasteiger partial charge in [0.25, 0.3) is 0 Å². The van der Waals surface area contributed by atoms with E-state index < -0.39 is 46.9 Å². The molecule has 422 valence electrons. The van der Waals surface area contributed by atoms with Gasteiger partial charge in [0.15, 0.2) is 0 Å². The maximum Gasteiger partial charge on any atom is 0.406 e. The minimum atomic E-state index is -0.930. The number of aromatic nitrogens is 3. The number of methoxy groups -OCH3 is 1. The fourth-order valence-electron chi connectivity index (χ4n) is 6.91. The number of fused-ring (bicyclic) bond motifs is 2. The summed E-state index contributed by atoms with van der Waals surface area (Å²) in [6.07, 6.45) is 6.76. The molecule has 1 aromatic carbocycles. The molecular weight excluding hydrogens is 973 g/mol. The van der Waals surface area contributed by atoms with Crippen molar-refractivity contribution in [1.29, 1.82) is 0 Å². The summed E-state index contributed by atoms with van der Waals surface area (Å²) in [7, 11) is 8.16. The van der Waals surface area contributed by atoms with Crippen molar-refractivity contribution < 1.29 is 57.0 Å². The normalized spacial score (nSPS) is 14.4. The lowest BCUT2D eigenvalue weighted by Crippen LogP contribution is -2.53. The van der Waals surface area contributed by atoms with Crippen LogP contribution in [0.15, 0.2) is 24.3 Å². The predicted octanol–water partition coefficient (Wildman–Crippen LogP) is 6.03. The third-order valence-corrected chi connectivity index (χ3v) is 10.7. The molecule has 4 rings (SSSR count). The fourth-order valence-corrected chi connectivity index (χ4v) is 6.91. The van der Waals surface area contributed by atoms with Crippen molar-refractivity contribution in [3.8, 4) is 0 Å². The largest absolute Gasteiger partial charge is 0.470 e. The minimum absolute atomic E-state index is 0.00381. The van der Waals surface area contributed by atoms with Gasteiger partial charge in [0, 0.05) is 25.0 Å². The first-order valence-electron chi connectivity index (χ1n) is 25.8. The van der Waals surface area contributed by atoms with E-state index in [-0.39, 0.29) is 37.9 Å². The van der Waals surface area contributed by atoms with Crippen molar-refractivity contribution in [3.05, 3.63) is 41.2 Å². The van der Waals surface area contributed by atoms with Gasteiger partial charge < -0.3 is 60.1 Å². The Balaban J connectivity index is 0. The molecule has 0 aliphatic heterocycles. The van der Waals surface area contributed by atoms with Gasteiger partial charge in [-0.2, -0.15) is 0 Å². The Labute approximate surface area is 447 Å². The summed E-state index contributed by atoms with van der Waals surface area (Å²) in [5.74, 6) is -1.44. The number of amides is 5.